The van der Waals surface area contributed by atoms with Crippen LogP contribution in [0.4, 0.5) is 0 Å². The van der Waals surface area contributed by atoms with E-state index in [2.05, 4.69) is 16.4 Å². The molecule has 1 N–H and O–H groups in total. The Morgan fingerprint density at radius 1 is 1.16 bits per heavy atom. The Balaban J connectivity index is 1.38. The van der Waals surface area contributed by atoms with Crippen LogP contribution < -0.4 is 10.1 Å². The van der Waals surface area contributed by atoms with Crippen molar-refractivity contribution in [3.8, 4) is 28.3 Å². The molecule has 3 aliphatic rings. The van der Waals surface area contributed by atoms with Crippen LogP contribution in [0.3, 0.4) is 0 Å². The third-order valence-electron chi connectivity index (χ3n) is 6.80. The smallest absolute Gasteiger partial charge is 0.270 e. The van der Waals surface area contributed by atoms with E-state index in [4.69, 9.17) is 9.84 Å². The highest BCUT2D eigenvalue weighted by atomic mass is 16.5. The van der Waals surface area contributed by atoms with E-state index in [1.165, 1.54) is 0 Å². The van der Waals surface area contributed by atoms with Gasteiger partial charge in [-0.1, -0.05) is 0 Å². The van der Waals surface area contributed by atoms with Gasteiger partial charge < -0.3 is 15.0 Å². The summed E-state index contributed by atoms with van der Waals surface area (Å²) in [6.07, 6.45) is 3.52. The molecule has 0 bridgehead atoms. The van der Waals surface area contributed by atoms with E-state index >= 15 is 0 Å². The number of fused-ring (bicyclic) bond motifs is 5. The number of amides is 2. The van der Waals surface area contributed by atoms with Crippen LogP contribution in [-0.4, -0.2) is 57.2 Å². The van der Waals surface area contributed by atoms with Gasteiger partial charge >= 0.3 is 0 Å². The lowest BCUT2D eigenvalue weighted by molar-refractivity contribution is -0.137. The Hall–Kier alpha value is -3.68. The van der Waals surface area contributed by atoms with Gasteiger partial charge in [0.05, 0.1) is 30.6 Å². The molecular formula is C24H23N5O3. The number of methoxy groups -OCH3 is 1. The largest absolute Gasteiger partial charge is 0.497 e. The molecule has 162 valence electrons. The van der Waals surface area contributed by atoms with E-state index in [0.717, 1.165) is 52.2 Å². The molecule has 6 rings (SSSR count). The van der Waals surface area contributed by atoms with E-state index in [1.54, 1.807) is 18.9 Å². The van der Waals surface area contributed by atoms with Gasteiger partial charge in [-0.3, -0.25) is 19.3 Å². The Morgan fingerprint density at radius 3 is 2.66 bits per heavy atom. The zero-order chi connectivity index (χ0) is 22.0. The summed E-state index contributed by atoms with van der Waals surface area (Å²) in [7, 11) is 1.65. The van der Waals surface area contributed by atoms with Crippen LogP contribution in [0.1, 0.15) is 28.5 Å². The molecule has 1 fully saturated rings. The Kier molecular flexibility index (Phi) is 3.96. The van der Waals surface area contributed by atoms with Gasteiger partial charge in [-0.05, 0) is 48.7 Å². The first-order valence-corrected chi connectivity index (χ1v) is 10.8. The summed E-state index contributed by atoms with van der Waals surface area (Å²) in [5, 5.41) is 8.06. The zero-order valence-corrected chi connectivity index (χ0v) is 18.0. The maximum atomic E-state index is 13.1. The molecule has 0 atom stereocenters. The van der Waals surface area contributed by atoms with Crippen molar-refractivity contribution in [1.82, 2.24) is 25.0 Å². The van der Waals surface area contributed by atoms with Crippen molar-refractivity contribution in [3.63, 3.8) is 0 Å². The minimum absolute atomic E-state index is 0.0305. The number of rotatable bonds is 2. The first-order valence-electron chi connectivity index (χ1n) is 10.8. The van der Waals surface area contributed by atoms with Crippen molar-refractivity contribution in [3.05, 3.63) is 53.3 Å². The first-order chi connectivity index (χ1) is 15.5. The van der Waals surface area contributed by atoms with Crippen LogP contribution in [0.2, 0.25) is 0 Å². The molecule has 1 aliphatic carbocycles. The van der Waals surface area contributed by atoms with Crippen LogP contribution in [-0.2, 0) is 24.2 Å². The number of benzene rings is 1. The standard InChI is InChI=1S/C24H23N5O3/c1-14(30)28-11-24(12-28)13-29-22(23(31)26-24)18-8-5-16-10-25-20(9-19(16)21(18)27-29)15-3-6-17(32-2)7-4-15/h3-4,6-7,9-10H,5,8,11-13H2,1-2H3,(H,26,31). The molecule has 0 saturated carbocycles. The molecule has 0 radical (unpaired) electrons. The third kappa shape index (κ3) is 2.75. The summed E-state index contributed by atoms with van der Waals surface area (Å²) in [4.78, 5) is 31.1. The van der Waals surface area contributed by atoms with Gasteiger partial charge in [0.2, 0.25) is 5.91 Å². The monoisotopic (exact) mass is 429 g/mol. The fourth-order valence-electron chi connectivity index (χ4n) is 5.12. The van der Waals surface area contributed by atoms with E-state index < -0.39 is 5.54 Å². The topological polar surface area (TPSA) is 89.3 Å². The fourth-order valence-corrected chi connectivity index (χ4v) is 5.12. The van der Waals surface area contributed by atoms with Crippen molar-refractivity contribution in [1.29, 1.82) is 0 Å². The van der Waals surface area contributed by atoms with Crippen LogP contribution >= 0.6 is 0 Å². The number of nitrogens with zero attached hydrogens (tertiary/aromatic N) is 4. The molecule has 8 heteroatoms. The lowest BCUT2D eigenvalue weighted by Gasteiger charge is -2.51. The van der Waals surface area contributed by atoms with E-state index in [1.807, 2.05) is 35.1 Å². The molecule has 1 saturated heterocycles. The normalized spacial score (nSPS) is 17.7. The van der Waals surface area contributed by atoms with Gasteiger partial charge in [-0.2, -0.15) is 5.10 Å². The zero-order valence-electron chi connectivity index (χ0n) is 18.0. The molecule has 32 heavy (non-hydrogen) atoms. The average Bonchev–Trinajstić information content (AvgIpc) is 3.16. The second kappa shape index (κ2) is 6.66. The average molecular weight is 429 g/mol. The molecule has 1 aromatic carbocycles. The maximum absolute atomic E-state index is 13.1. The lowest BCUT2D eigenvalue weighted by Crippen LogP contribution is -2.74. The van der Waals surface area contributed by atoms with Crippen molar-refractivity contribution in [2.45, 2.75) is 31.8 Å². The number of hydrogen-bond acceptors (Lipinski definition) is 5. The molecule has 2 aromatic heterocycles. The molecule has 1 spiro atoms. The minimum atomic E-state index is -0.417. The summed E-state index contributed by atoms with van der Waals surface area (Å²) < 4.78 is 7.11. The lowest BCUT2D eigenvalue weighted by atomic mass is 9.86. The molecule has 3 aromatic rings. The van der Waals surface area contributed by atoms with Crippen LogP contribution in [0.5, 0.6) is 5.75 Å². The van der Waals surface area contributed by atoms with Gasteiger partial charge in [-0.25, -0.2) is 0 Å². The van der Waals surface area contributed by atoms with Gasteiger partial charge in [0, 0.05) is 42.9 Å². The van der Waals surface area contributed by atoms with Crippen molar-refractivity contribution in [2.24, 2.45) is 0 Å². The van der Waals surface area contributed by atoms with Gasteiger partial charge in [0.1, 0.15) is 11.4 Å². The van der Waals surface area contributed by atoms with Crippen molar-refractivity contribution < 1.29 is 14.3 Å². The number of nitrogens with one attached hydrogen (secondary N) is 1. The second-order valence-electron chi connectivity index (χ2n) is 8.90. The Morgan fingerprint density at radius 2 is 1.94 bits per heavy atom. The van der Waals surface area contributed by atoms with Crippen LogP contribution in [0.25, 0.3) is 22.5 Å². The highest BCUT2D eigenvalue weighted by Crippen LogP contribution is 2.38. The molecule has 8 nitrogen and oxygen atoms in total. The Labute approximate surface area is 185 Å². The van der Waals surface area contributed by atoms with Crippen molar-refractivity contribution >= 4 is 11.8 Å². The maximum Gasteiger partial charge on any atom is 0.270 e. The minimum Gasteiger partial charge on any atom is -0.497 e. The SMILES string of the molecule is COc1ccc(-c2cc3c(cn2)CCc2c-3nn3c2C(=O)NC2(CN(C(C)=O)C2)C3)cc1. The molecule has 4 heterocycles. The van der Waals surface area contributed by atoms with E-state index in [9.17, 15) is 9.59 Å². The highest BCUT2D eigenvalue weighted by molar-refractivity contribution is 5.98. The summed E-state index contributed by atoms with van der Waals surface area (Å²) in [5.41, 5.74) is 6.15. The Bertz CT molecular complexity index is 1270. The summed E-state index contributed by atoms with van der Waals surface area (Å²) in [5.74, 6) is 0.735. The summed E-state index contributed by atoms with van der Waals surface area (Å²) >= 11 is 0. The number of pyridine rings is 1. The number of carbonyl (C=O) groups is 2. The van der Waals surface area contributed by atoms with Crippen LogP contribution in [0.15, 0.2) is 36.5 Å². The molecule has 0 unspecified atom stereocenters. The quantitative estimate of drug-likeness (QED) is 0.674. The highest BCUT2D eigenvalue weighted by Gasteiger charge is 2.50. The second-order valence-corrected chi connectivity index (χ2v) is 8.90. The number of aryl methyl sites for hydroxylation is 1. The predicted octanol–water partition coefficient (Wildman–Crippen LogP) is 2.06. The number of aromatic nitrogens is 3. The molecule has 2 amide bonds. The summed E-state index contributed by atoms with van der Waals surface area (Å²) in [6, 6.07) is 9.89. The predicted molar refractivity (Wildman–Crippen MR) is 117 cm³/mol. The van der Waals surface area contributed by atoms with Crippen LogP contribution in [0, 0.1) is 0 Å². The van der Waals surface area contributed by atoms with E-state index in [0.29, 0.717) is 25.3 Å². The van der Waals surface area contributed by atoms with E-state index in [-0.39, 0.29) is 11.8 Å². The number of ether oxygens (including phenoxy) is 1. The summed E-state index contributed by atoms with van der Waals surface area (Å²) in [6.45, 7) is 3.19. The number of carbonyl (C=O) groups excluding carboxylic acids is 2. The fraction of sp³-hybridized carbons (Fsp3) is 0.333. The molecular weight excluding hydrogens is 406 g/mol. The first kappa shape index (κ1) is 19.0. The number of hydrogen-bond donors (Lipinski definition) is 1. The van der Waals surface area contributed by atoms with Gasteiger partial charge in [-0.15, -0.1) is 0 Å². The van der Waals surface area contributed by atoms with Gasteiger partial charge in [0.15, 0.2) is 0 Å². The van der Waals surface area contributed by atoms with Gasteiger partial charge in [0.25, 0.3) is 5.91 Å². The van der Waals surface area contributed by atoms with Crippen molar-refractivity contribution in [2.75, 3.05) is 20.2 Å². The molecule has 2 aliphatic heterocycles. The number of likely N-dealkylation sites (tertiary alicyclic amines) is 1. The third-order valence-corrected chi connectivity index (χ3v) is 6.80.